The number of rotatable bonds is 5. The van der Waals surface area contributed by atoms with E-state index < -0.39 is 0 Å². The monoisotopic (exact) mass is 356 g/mol. The molecule has 0 N–H and O–H groups in total. The van der Waals surface area contributed by atoms with Crippen LogP contribution in [0.1, 0.15) is 21.5 Å². The van der Waals surface area contributed by atoms with Crippen LogP contribution in [0.5, 0.6) is 0 Å². The molecule has 0 atom stereocenters. The Morgan fingerprint density at radius 1 is 0.875 bits per heavy atom. The molecule has 0 amide bonds. The van der Waals surface area contributed by atoms with Crippen molar-refractivity contribution in [3.05, 3.63) is 99.8 Å². The summed E-state index contributed by atoms with van der Waals surface area (Å²) in [5.41, 5.74) is 2.95. The van der Waals surface area contributed by atoms with Gasteiger partial charge >= 0.3 is 0 Å². The van der Waals surface area contributed by atoms with Gasteiger partial charge in [0, 0.05) is 22.7 Å². The van der Waals surface area contributed by atoms with Gasteiger partial charge in [0.2, 0.25) is 12.3 Å². The van der Waals surface area contributed by atoms with E-state index >= 15 is 0 Å². The Balaban J connectivity index is 1.68. The molecule has 0 bridgehead atoms. The number of ketones is 1. The average Bonchev–Trinajstić information content (AvgIpc) is 2.57. The van der Waals surface area contributed by atoms with Crippen LogP contribution in [-0.2, 0) is 13.0 Å². The number of Topliss-reactive ketones (excluding diaryl/α,β-unsaturated/α-hetero) is 1. The SMILES string of the molecule is O=C(C[n+]1ccc(Cc2ccccc2)cc1)c1ccc(Cl)cc1Cl. The maximum absolute atomic E-state index is 12.4. The second-order valence-corrected chi connectivity index (χ2v) is 6.43. The van der Waals surface area contributed by atoms with Crippen molar-refractivity contribution >= 4 is 29.0 Å². The largest absolute Gasteiger partial charge is 0.287 e. The van der Waals surface area contributed by atoms with Crippen molar-refractivity contribution in [3.63, 3.8) is 0 Å². The van der Waals surface area contributed by atoms with Crippen molar-refractivity contribution in [2.75, 3.05) is 0 Å². The Labute approximate surface area is 151 Å². The maximum atomic E-state index is 12.4. The molecule has 120 valence electrons. The smallest absolute Gasteiger partial charge is 0.229 e. The van der Waals surface area contributed by atoms with Crippen LogP contribution in [0.15, 0.2) is 73.1 Å². The lowest BCUT2D eigenvalue weighted by Crippen LogP contribution is -2.37. The molecule has 2 aromatic carbocycles. The van der Waals surface area contributed by atoms with E-state index in [2.05, 4.69) is 12.1 Å². The van der Waals surface area contributed by atoms with Gasteiger partial charge < -0.3 is 0 Å². The number of aromatic nitrogens is 1. The van der Waals surface area contributed by atoms with Gasteiger partial charge in [-0.25, -0.2) is 0 Å². The second kappa shape index (κ2) is 7.61. The molecule has 1 heterocycles. The average molecular weight is 357 g/mol. The lowest BCUT2D eigenvalue weighted by Gasteiger charge is -2.03. The van der Waals surface area contributed by atoms with Crippen LogP contribution in [0, 0.1) is 0 Å². The highest BCUT2D eigenvalue weighted by Crippen LogP contribution is 2.21. The van der Waals surface area contributed by atoms with Crippen LogP contribution in [-0.4, -0.2) is 5.78 Å². The van der Waals surface area contributed by atoms with E-state index in [1.54, 1.807) is 18.2 Å². The van der Waals surface area contributed by atoms with Crippen molar-refractivity contribution in [2.24, 2.45) is 0 Å². The highest BCUT2D eigenvalue weighted by atomic mass is 35.5. The van der Waals surface area contributed by atoms with Gasteiger partial charge in [0.25, 0.3) is 0 Å². The van der Waals surface area contributed by atoms with Crippen molar-refractivity contribution < 1.29 is 9.36 Å². The molecule has 0 aliphatic rings. The predicted molar refractivity (Wildman–Crippen MR) is 96.7 cm³/mol. The number of hydrogen-bond donors (Lipinski definition) is 0. The molecule has 0 spiro atoms. The summed E-state index contributed by atoms with van der Waals surface area (Å²) in [5.74, 6) is -0.0440. The number of pyridine rings is 1. The summed E-state index contributed by atoms with van der Waals surface area (Å²) in [6.45, 7) is 0.243. The Morgan fingerprint density at radius 2 is 1.54 bits per heavy atom. The van der Waals surface area contributed by atoms with E-state index in [-0.39, 0.29) is 12.3 Å². The van der Waals surface area contributed by atoms with E-state index in [1.807, 2.05) is 47.3 Å². The van der Waals surface area contributed by atoms with E-state index in [4.69, 9.17) is 23.2 Å². The third-order valence-electron chi connectivity index (χ3n) is 3.77. The minimum Gasteiger partial charge on any atom is -0.287 e. The summed E-state index contributed by atoms with van der Waals surface area (Å²) < 4.78 is 1.85. The van der Waals surface area contributed by atoms with Gasteiger partial charge in [0.15, 0.2) is 12.4 Å². The molecule has 0 fully saturated rings. The highest BCUT2D eigenvalue weighted by molar-refractivity contribution is 6.36. The first-order chi connectivity index (χ1) is 11.6. The second-order valence-electron chi connectivity index (χ2n) is 5.59. The normalized spacial score (nSPS) is 10.6. The molecule has 0 aliphatic carbocycles. The van der Waals surface area contributed by atoms with Crippen molar-refractivity contribution in [3.8, 4) is 0 Å². The summed E-state index contributed by atoms with van der Waals surface area (Å²) in [6.07, 6.45) is 4.71. The van der Waals surface area contributed by atoms with Crippen LogP contribution in [0.25, 0.3) is 0 Å². The zero-order valence-corrected chi connectivity index (χ0v) is 14.5. The highest BCUT2D eigenvalue weighted by Gasteiger charge is 2.15. The first-order valence-electron chi connectivity index (χ1n) is 7.62. The number of carbonyl (C=O) groups is 1. The zero-order valence-electron chi connectivity index (χ0n) is 13.0. The standard InChI is InChI=1S/C20H16Cl2NO/c21-17-6-7-18(19(22)13-17)20(24)14-23-10-8-16(9-11-23)12-15-4-2-1-3-5-15/h1-11,13H,12,14H2/q+1. The number of carbonyl (C=O) groups excluding carboxylic acids is 1. The predicted octanol–water partition coefficient (Wildman–Crippen LogP) is 4.75. The van der Waals surface area contributed by atoms with E-state index in [1.165, 1.54) is 11.1 Å². The number of hydrogen-bond acceptors (Lipinski definition) is 1. The van der Waals surface area contributed by atoms with Crippen LogP contribution in [0.2, 0.25) is 10.0 Å². The van der Waals surface area contributed by atoms with E-state index in [0.717, 1.165) is 6.42 Å². The summed E-state index contributed by atoms with van der Waals surface area (Å²) in [4.78, 5) is 12.4. The van der Waals surface area contributed by atoms with Crippen molar-refractivity contribution in [1.82, 2.24) is 0 Å². The zero-order chi connectivity index (χ0) is 16.9. The topological polar surface area (TPSA) is 20.9 Å². The van der Waals surface area contributed by atoms with E-state index in [9.17, 15) is 4.79 Å². The Kier molecular flexibility index (Phi) is 5.29. The maximum Gasteiger partial charge on any atom is 0.229 e. The molecule has 3 rings (SSSR count). The molecule has 3 aromatic rings. The van der Waals surface area contributed by atoms with Crippen LogP contribution < -0.4 is 4.57 Å². The molecule has 24 heavy (non-hydrogen) atoms. The number of benzene rings is 2. The van der Waals surface area contributed by atoms with E-state index in [0.29, 0.717) is 15.6 Å². The first-order valence-corrected chi connectivity index (χ1v) is 8.37. The molecule has 4 heteroatoms. The summed E-state index contributed by atoms with van der Waals surface area (Å²) >= 11 is 12.0. The molecule has 2 nitrogen and oxygen atoms in total. The molecular weight excluding hydrogens is 341 g/mol. The summed E-state index contributed by atoms with van der Waals surface area (Å²) in [6, 6.07) is 19.3. The summed E-state index contributed by atoms with van der Waals surface area (Å²) in [7, 11) is 0. The molecule has 0 radical (unpaired) electrons. The Bertz CT molecular complexity index is 845. The van der Waals surface area contributed by atoms with Gasteiger partial charge in [-0.3, -0.25) is 4.79 Å². The van der Waals surface area contributed by atoms with Gasteiger partial charge in [-0.05, 0) is 35.7 Å². The molecule has 0 saturated heterocycles. The fourth-order valence-electron chi connectivity index (χ4n) is 2.51. The molecular formula is C20H16Cl2NO+. The minimum absolute atomic E-state index is 0.0440. The van der Waals surface area contributed by atoms with Gasteiger partial charge in [0.1, 0.15) is 0 Å². The van der Waals surface area contributed by atoms with Gasteiger partial charge in [-0.1, -0.05) is 53.5 Å². The molecule has 0 aliphatic heterocycles. The van der Waals surface area contributed by atoms with Crippen LogP contribution >= 0.6 is 23.2 Å². The van der Waals surface area contributed by atoms with Crippen molar-refractivity contribution in [2.45, 2.75) is 13.0 Å². The lowest BCUT2D eigenvalue weighted by molar-refractivity contribution is -0.683. The fourth-order valence-corrected chi connectivity index (χ4v) is 3.02. The lowest BCUT2D eigenvalue weighted by atomic mass is 10.1. The number of nitrogens with zero attached hydrogens (tertiary/aromatic N) is 1. The minimum atomic E-state index is -0.0440. The van der Waals surface area contributed by atoms with Gasteiger partial charge in [-0.2, -0.15) is 4.57 Å². The Morgan fingerprint density at radius 3 is 2.21 bits per heavy atom. The molecule has 1 aromatic heterocycles. The quantitative estimate of drug-likeness (QED) is 0.477. The third kappa shape index (κ3) is 4.22. The Hall–Kier alpha value is -2.16. The van der Waals surface area contributed by atoms with Gasteiger partial charge in [-0.15, -0.1) is 0 Å². The van der Waals surface area contributed by atoms with Gasteiger partial charge in [0.05, 0.1) is 5.02 Å². The fraction of sp³-hybridized carbons (Fsp3) is 0.100. The third-order valence-corrected chi connectivity index (χ3v) is 4.32. The molecule has 0 saturated carbocycles. The van der Waals surface area contributed by atoms with Crippen LogP contribution in [0.4, 0.5) is 0 Å². The van der Waals surface area contributed by atoms with Crippen LogP contribution in [0.3, 0.4) is 0 Å². The first kappa shape index (κ1) is 16.7. The van der Waals surface area contributed by atoms with Crippen molar-refractivity contribution in [1.29, 1.82) is 0 Å². The number of halogens is 2. The summed E-state index contributed by atoms with van der Waals surface area (Å²) in [5, 5.41) is 0.906. The molecule has 0 unspecified atom stereocenters.